The molecule has 4 aromatic carbocycles. The van der Waals surface area contributed by atoms with Gasteiger partial charge in [-0.1, -0.05) is 65.7 Å². The first-order chi connectivity index (χ1) is 23.4. The van der Waals surface area contributed by atoms with E-state index >= 15 is 0 Å². The Kier molecular flexibility index (Phi) is 10.3. The van der Waals surface area contributed by atoms with Crippen LogP contribution in [0.5, 0.6) is 0 Å². The van der Waals surface area contributed by atoms with Gasteiger partial charge < -0.3 is 20.1 Å². The number of nitrogens with one attached hydrogen (secondary N) is 2. The molecule has 1 heterocycles. The van der Waals surface area contributed by atoms with E-state index in [9.17, 15) is 28.8 Å². The molecular formula is C38H35N3O8. The van der Waals surface area contributed by atoms with Gasteiger partial charge in [0.25, 0.3) is 23.6 Å². The average Bonchev–Trinajstić information content (AvgIpc) is 3.32. The Morgan fingerprint density at radius 2 is 1.20 bits per heavy atom. The van der Waals surface area contributed by atoms with Gasteiger partial charge in [0.2, 0.25) is 0 Å². The zero-order chi connectivity index (χ0) is 35.2. The molecule has 1 aliphatic rings. The van der Waals surface area contributed by atoms with Crippen LogP contribution in [-0.4, -0.2) is 59.7 Å². The molecule has 1 aliphatic heterocycles. The Hall–Kier alpha value is -6.10. The molecule has 0 spiro atoms. The fourth-order valence-electron chi connectivity index (χ4n) is 5.51. The van der Waals surface area contributed by atoms with Crippen LogP contribution >= 0.6 is 0 Å². The maximum Gasteiger partial charge on any atom is 0.338 e. The minimum atomic E-state index is -1.41. The first-order valence-electron chi connectivity index (χ1n) is 15.5. The Morgan fingerprint density at radius 3 is 1.78 bits per heavy atom. The van der Waals surface area contributed by atoms with E-state index in [1.807, 2.05) is 52.0 Å². The molecule has 0 fully saturated rings. The van der Waals surface area contributed by atoms with Crippen molar-refractivity contribution in [1.29, 1.82) is 0 Å². The smallest absolute Gasteiger partial charge is 0.338 e. The van der Waals surface area contributed by atoms with Crippen molar-refractivity contribution in [3.05, 3.63) is 129 Å². The van der Waals surface area contributed by atoms with E-state index in [2.05, 4.69) is 10.6 Å². The van der Waals surface area contributed by atoms with Crippen LogP contribution in [0, 0.1) is 27.7 Å². The van der Waals surface area contributed by atoms with Gasteiger partial charge in [0.15, 0.2) is 13.2 Å². The number of rotatable bonds is 11. The van der Waals surface area contributed by atoms with Crippen LogP contribution in [0.4, 0.5) is 11.4 Å². The van der Waals surface area contributed by atoms with E-state index in [0.717, 1.165) is 27.2 Å². The van der Waals surface area contributed by atoms with E-state index in [-0.39, 0.29) is 23.1 Å². The Labute approximate surface area is 283 Å². The second-order valence-electron chi connectivity index (χ2n) is 11.9. The number of nitrogens with zero attached hydrogens (tertiary/aromatic N) is 1. The Balaban J connectivity index is 1.28. The van der Waals surface area contributed by atoms with Crippen molar-refractivity contribution in [1.82, 2.24) is 4.90 Å². The fourth-order valence-corrected chi connectivity index (χ4v) is 5.51. The molecule has 0 radical (unpaired) electrons. The molecular weight excluding hydrogens is 626 g/mol. The minimum Gasteiger partial charge on any atom is -0.454 e. The standard InChI is InChI=1S/C38H35N3O8/c1-22-10-14-30(24(3)16-22)39-33(42)20-48-37(46)27-12-13-28-29(19-27)36(45)41(35(28)44)32(18-26-8-6-5-7-9-26)38(47)49-21-34(43)40-31-15-11-23(2)17-25(31)4/h5-17,19,32H,18,20-21H2,1-4H3,(H,39,42)(H,40,43)/t32-/m1/s1. The van der Waals surface area contributed by atoms with Crippen molar-refractivity contribution < 1.29 is 38.2 Å². The summed E-state index contributed by atoms with van der Waals surface area (Å²) in [5, 5.41) is 5.39. The third-order valence-electron chi connectivity index (χ3n) is 8.00. The van der Waals surface area contributed by atoms with Crippen LogP contribution in [0.1, 0.15) is 58.9 Å². The summed E-state index contributed by atoms with van der Waals surface area (Å²) in [4.78, 5) is 79.5. The van der Waals surface area contributed by atoms with E-state index in [4.69, 9.17) is 9.47 Å². The number of ether oxygens (including phenoxy) is 2. The van der Waals surface area contributed by atoms with Gasteiger partial charge in [-0.25, -0.2) is 9.59 Å². The molecule has 11 nitrogen and oxygen atoms in total. The highest BCUT2D eigenvalue weighted by Crippen LogP contribution is 2.28. The van der Waals surface area contributed by atoms with Crippen LogP contribution in [0.3, 0.4) is 0 Å². The monoisotopic (exact) mass is 661 g/mol. The summed E-state index contributed by atoms with van der Waals surface area (Å²) in [5.41, 5.74) is 5.32. The van der Waals surface area contributed by atoms with Gasteiger partial charge in [-0.3, -0.25) is 24.1 Å². The number of amides is 4. The molecule has 0 saturated heterocycles. The molecule has 5 rings (SSSR count). The van der Waals surface area contributed by atoms with Crippen LogP contribution in [0.2, 0.25) is 0 Å². The highest BCUT2D eigenvalue weighted by molar-refractivity contribution is 6.23. The lowest BCUT2D eigenvalue weighted by Crippen LogP contribution is -2.47. The summed E-state index contributed by atoms with van der Waals surface area (Å²) in [7, 11) is 0. The number of benzene rings is 4. The minimum absolute atomic E-state index is 0.0207. The molecule has 0 bridgehead atoms. The van der Waals surface area contributed by atoms with Gasteiger partial charge in [0.05, 0.1) is 16.7 Å². The molecule has 2 N–H and O–H groups in total. The molecule has 4 aromatic rings. The van der Waals surface area contributed by atoms with Gasteiger partial charge in [0.1, 0.15) is 6.04 Å². The van der Waals surface area contributed by atoms with E-state index in [0.29, 0.717) is 16.9 Å². The lowest BCUT2D eigenvalue weighted by Gasteiger charge is -2.24. The average molecular weight is 662 g/mol. The van der Waals surface area contributed by atoms with Gasteiger partial charge >= 0.3 is 11.9 Å². The molecule has 11 heteroatoms. The summed E-state index contributed by atoms with van der Waals surface area (Å²) in [6.07, 6.45) is -0.0751. The predicted octanol–water partition coefficient (Wildman–Crippen LogP) is 5.10. The number of imide groups is 1. The third-order valence-corrected chi connectivity index (χ3v) is 8.00. The Bertz CT molecular complexity index is 1970. The molecule has 49 heavy (non-hydrogen) atoms. The summed E-state index contributed by atoms with van der Waals surface area (Å²) in [6, 6.07) is 22.1. The van der Waals surface area contributed by atoms with Crippen molar-refractivity contribution in [2.45, 2.75) is 40.2 Å². The Morgan fingerprint density at radius 1 is 0.653 bits per heavy atom. The number of hydrogen-bond donors (Lipinski definition) is 2. The number of aryl methyl sites for hydroxylation is 4. The van der Waals surface area contributed by atoms with Gasteiger partial charge in [-0.05, 0) is 74.7 Å². The van der Waals surface area contributed by atoms with Crippen molar-refractivity contribution >= 4 is 46.9 Å². The lowest BCUT2D eigenvalue weighted by atomic mass is 10.0. The molecule has 0 unspecified atom stereocenters. The molecule has 0 aromatic heterocycles. The van der Waals surface area contributed by atoms with Crippen molar-refractivity contribution in [2.75, 3.05) is 23.8 Å². The number of fused-ring (bicyclic) bond motifs is 1. The first kappa shape index (κ1) is 34.2. The van der Waals surface area contributed by atoms with E-state index in [1.165, 1.54) is 18.2 Å². The zero-order valence-electron chi connectivity index (χ0n) is 27.5. The van der Waals surface area contributed by atoms with Crippen molar-refractivity contribution in [3.8, 4) is 0 Å². The third kappa shape index (κ3) is 8.07. The summed E-state index contributed by atoms with van der Waals surface area (Å²) in [6.45, 7) is 6.31. The van der Waals surface area contributed by atoms with E-state index in [1.54, 1.807) is 42.5 Å². The van der Waals surface area contributed by atoms with Crippen LogP contribution < -0.4 is 10.6 Å². The summed E-state index contributed by atoms with van der Waals surface area (Å²) >= 11 is 0. The van der Waals surface area contributed by atoms with Gasteiger partial charge in [0, 0.05) is 17.8 Å². The molecule has 0 aliphatic carbocycles. The van der Waals surface area contributed by atoms with Crippen molar-refractivity contribution in [3.63, 3.8) is 0 Å². The first-order valence-corrected chi connectivity index (χ1v) is 15.5. The van der Waals surface area contributed by atoms with E-state index < -0.39 is 54.8 Å². The quantitative estimate of drug-likeness (QED) is 0.167. The van der Waals surface area contributed by atoms with Crippen molar-refractivity contribution in [2.24, 2.45) is 0 Å². The zero-order valence-corrected chi connectivity index (χ0v) is 27.5. The second kappa shape index (κ2) is 14.8. The second-order valence-corrected chi connectivity index (χ2v) is 11.9. The fraction of sp³-hybridized carbons (Fsp3) is 0.211. The normalized spacial score (nSPS) is 12.6. The summed E-state index contributed by atoms with van der Waals surface area (Å²) in [5.74, 6) is -4.56. The highest BCUT2D eigenvalue weighted by atomic mass is 16.5. The topological polar surface area (TPSA) is 148 Å². The molecule has 4 amide bonds. The van der Waals surface area contributed by atoms with Crippen LogP contribution in [-0.2, 0) is 30.3 Å². The van der Waals surface area contributed by atoms with Crippen LogP contribution in [0.25, 0.3) is 0 Å². The maximum absolute atomic E-state index is 13.7. The molecule has 250 valence electrons. The predicted molar refractivity (Wildman–Crippen MR) is 181 cm³/mol. The molecule has 1 atom stereocenters. The molecule has 0 saturated carbocycles. The summed E-state index contributed by atoms with van der Waals surface area (Å²) < 4.78 is 10.5. The van der Waals surface area contributed by atoms with Gasteiger partial charge in [-0.15, -0.1) is 0 Å². The number of esters is 2. The number of hydrogen-bond acceptors (Lipinski definition) is 8. The highest BCUT2D eigenvalue weighted by Gasteiger charge is 2.44. The SMILES string of the molecule is Cc1ccc(NC(=O)COC(=O)c2ccc3c(c2)C(=O)N([C@H](Cc2ccccc2)C(=O)OCC(=O)Nc2ccc(C)cc2C)C3=O)c(C)c1. The number of carbonyl (C=O) groups excluding carboxylic acids is 6. The largest absolute Gasteiger partial charge is 0.454 e. The van der Waals surface area contributed by atoms with Crippen LogP contribution in [0.15, 0.2) is 84.9 Å². The number of carbonyl (C=O) groups is 6. The van der Waals surface area contributed by atoms with Gasteiger partial charge in [-0.2, -0.15) is 0 Å². The number of anilines is 2. The maximum atomic E-state index is 13.7. The lowest BCUT2D eigenvalue weighted by molar-refractivity contribution is -0.151.